The molecular formula is C29H34ClN7O5S2. The second-order valence-corrected chi connectivity index (χ2v) is 15.5. The number of aromatic amines is 1. The number of fused-ring (bicyclic) bond motifs is 1. The van der Waals surface area contributed by atoms with E-state index < -0.39 is 25.6 Å². The fraction of sp³-hybridized carbons (Fsp3) is 0.448. The van der Waals surface area contributed by atoms with E-state index in [9.17, 15) is 21.6 Å². The monoisotopic (exact) mass is 659 g/mol. The van der Waals surface area contributed by atoms with Crippen molar-refractivity contribution in [3.05, 3.63) is 75.3 Å². The fourth-order valence-electron chi connectivity index (χ4n) is 5.99. The summed E-state index contributed by atoms with van der Waals surface area (Å²) >= 11 is 6.11. The van der Waals surface area contributed by atoms with E-state index in [2.05, 4.69) is 25.0 Å². The SMILES string of the molecule is O=c1[nH]c(C2CCN(S(=O)(=O)c3ccc(S(=O)(=O)NC4CCCCCC4)cc3)CC2)nc2c1nnn2Cc1cccc(Cl)c1. The highest BCUT2D eigenvalue weighted by Crippen LogP contribution is 2.30. The molecule has 1 aliphatic heterocycles. The van der Waals surface area contributed by atoms with Crippen LogP contribution in [-0.4, -0.2) is 65.2 Å². The lowest BCUT2D eigenvalue weighted by Crippen LogP contribution is -2.38. The molecule has 2 aromatic carbocycles. The van der Waals surface area contributed by atoms with E-state index in [1.54, 1.807) is 16.8 Å². The van der Waals surface area contributed by atoms with E-state index in [0.717, 1.165) is 44.1 Å². The Bertz CT molecular complexity index is 1910. The molecule has 2 fully saturated rings. The summed E-state index contributed by atoms with van der Waals surface area (Å²) in [7, 11) is -7.60. The Hall–Kier alpha value is -3.17. The molecule has 0 amide bonds. The highest BCUT2D eigenvalue weighted by molar-refractivity contribution is 7.89. The number of halogens is 1. The van der Waals surface area contributed by atoms with Crippen LogP contribution in [0.25, 0.3) is 11.2 Å². The summed E-state index contributed by atoms with van der Waals surface area (Å²) in [6.45, 7) is 0.774. The molecule has 234 valence electrons. The molecule has 12 nitrogen and oxygen atoms in total. The van der Waals surface area contributed by atoms with E-state index in [1.807, 2.05) is 12.1 Å². The number of aromatic nitrogens is 5. The van der Waals surface area contributed by atoms with Crippen molar-refractivity contribution in [2.24, 2.45) is 0 Å². The van der Waals surface area contributed by atoms with Gasteiger partial charge in [-0.3, -0.25) is 4.79 Å². The van der Waals surface area contributed by atoms with Crippen LogP contribution in [0.4, 0.5) is 0 Å². The molecule has 0 spiro atoms. The first-order valence-corrected chi connectivity index (χ1v) is 18.1. The van der Waals surface area contributed by atoms with Crippen LogP contribution in [0.3, 0.4) is 0 Å². The second-order valence-electron chi connectivity index (χ2n) is 11.5. The third-order valence-corrected chi connectivity index (χ3v) is 12.1. The smallest absolute Gasteiger partial charge is 0.281 e. The molecule has 6 rings (SSSR count). The predicted octanol–water partition coefficient (Wildman–Crippen LogP) is 3.79. The third-order valence-electron chi connectivity index (χ3n) is 8.40. The van der Waals surface area contributed by atoms with Crippen molar-refractivity contribution in [3.63, 3.8) is 0 Å². The van der Waals surface area contributed by atoms with Crippen molar-refractivity contribution < 1.29 is 16.8 Å². The summed E-state index contributed by atoms with van der Waals surface area (Å²) in [4.78, 5) is 20.4. The number of sulfonamides is 2. The van der Waals surface area contributed by atoms with E-state index in [-0.39, 0.29) is 40.4 Å². The molecule has 0 atom stereocenters. The summed E-state index contributed by atoms with van der Waals surface area (Å²) in [5, 5.41) is 8.70. The molecule has 2 aliphatic rings. The number of nitrogens with one attached hydrogen (secondary N) is 2. The van der Waals surface area contributed by atoms with Gasteiger partial charge in [0.05, 0.1) is 16.3 Å². The zero-order valence-corrected chi connectivity index (χ0v) is 26.4. The van der Waals surface area contributed by atoms with Crippen molar-refractivity contribution in [1.29, 1.82) is 0 Å². The molecule has 44 heavy (non-hydrogen) atoms. The molecule has 15 heteroatoms. The standard InChI is InChI=1S/C29H34ClN7O5S2/c30-22-7-5-6-20(18-22)19-37-28-26(33-35-37)29(38)32-27(31-28)21-14-16-36(17-15-21)44(41,42)25-12-10-24(11-13-25)43(39,40)34-23-8-3-1-2-4-9-23/h5-7,10-13,18,21,23,34H,1-4,8-9,14-17,19H2,(H,31,32,38). The summed E-state index contributed by atoms with van der Waals surface area (Å²) < 4.78 is 58.5. The Morgan fingerprint density at radius 1 is 0.909 bits per heavy atom. The van der Waals surface area contributed by atoms with Crippen LogP contribution in [-0.2, 0) is 26.6 Å². The molecule has 1 aliphatic carbocycles. The fourth-order valence-corrected chi connectivity index (χ4v) is 8.97. The van der Waals surface area contributed by atoms with Crippen molar-refractivity contribution in [2.75, 3.05) is 13.1 Å². The minimum absolute atomic E-state index is 0.0355. The van der Waals surface area contributed by atoms with Crippen LogP contribution in [0, 0.1) is 0 Å². The molecular weight excluding hydrogens is 626 g/mol. The van der Waals surface area contributed by atoms with Crippen LogP contribution in [0.2, 0.25) is 5.02 Å². The minimum Gasteiger partial charge on any atom is -0.308 e. The van der Waals surface area contributed by atoms with E-state index in [1.165, 1.54) is 28.6 Å². The van der Waals surface area contributed by atoms with Gasteiger partial charge in [0, 0.05) is 30.1 Å². The van der Waals surface area contributed by atoms with Gasteiger partial charge < -0.3 is 4.98 Å². The van der Waals surface area contributed by atoms with Crippen LogP contribution in [0.1, 0.15) is 68.7 Å². The van der Waals surface area contributed by atoms with Gasteiger partial charge in [0.2, 0.25) is 20.0 Å². The lowest BCUT2D eigenvalue weighted by atomic mass is 9.97. The Morgan fingerprint density at radius 3 is 2.27 bits per heavy atom. The Labute approximate surface area is 260 Å². The molecule has 1 saturated carbocycles. The molecule has 0 bridgehead atoms. The summed E-state index contributed by atoms with van der Waals surface area (Å²) in [6.07, 6.45) is 6.72. The number of rotatable bonds is 8. The maximum absolute atomic E-state index is 13.4. The zero-order valence-electron chi connectivity index (χ0n) is 24.0. The summed E-state index contributed by atoms with van der Waals surface area (Å²) in [5.74, 6) is 0.292. The molecule has 2 aromatic heterocycles. The maximum atomic E-state index is 13.4. The number of H-pyrrole nitrogens is 1. The van der Waals surface area contributed by atoms with Crippen molar-refractivity contribution in [3.8, 4) is 0 Å². The van der Waals surface area contributed by atoms with Gasteiger partial charge in [0.25, 0.3) is 5.56 Å². The third kappa shape index (κ3) is 6.59. The van der Waals surface area contributed by atoms with Gasteiger partial charge in [-0.25, -0.2) is 31.2 Å². The Morgan fingerprint density at radius 2 is 1.59 bits per heavy atom. The second kappa shape index (κ2) is 12.7. The first kappa shape index (κ1) is 30.8. The highest BCUT2D eigenvalue weighted by Gasteiger charge is 2.32. The van der Waals surface area contributed by atoms with Gasteiger partial charge >= 0.3 is 0 Å². The van der Waals surface area contributed by atoms with Gasteiger partial charge in [0.15, 0.2) is 11.2 Å². The van der Waals surface area contributed by atoms with Crippen LogP contribution in [0.15, 0.2) is 63.1 Å². The van der Waals surface area contributed by atoms with Gasteiger partial charge in [-0.1, -0.05) is 54.6 Å². The summed E-state index contributed by atoms with van der Waals surface area (Å²) in [5.41, 5.74) is 0.960. The average molecular weight is 660 g/mol. The van der Waals surface area contributed by atoms with Crippen LogP contribution in [0.5, 0.6) is 0 Å². The van der Waals surface area contributed by atoms with Crippen molar-refractivity contribution in [1.82, 2.24) is 34.0 Å². The molecule has 0 radical (unpaired) electrons. The topological polar surface area (TPSA) is 160 Å². The molecule has 3 heterocycles. The number of hydrogen-bond acceptors (Lipinski definition) is 8. The maximum Gasteiger partial charge on any atom is 0.281 e. The number of hydrogen-bond donors (Lipinski definition) is 2. The zero-order chi connectivity index (χ0) is 30.9. The van der Waals surface area contributed by atoms with Crippen molar-refractivity contribution in [2.45, 2.75) is 79.7 Å². The number of piperidine rings is 1. The quantitative estimate of drug-likeness (QED) is 0.270. The molecule has 2 N–H and O–H groups in total. The van der Waals surface area contributed by atoms with E-state index >= 15 is 0 Å². The van der Waals surface area contributed by atoms with E-state index in [4.69, 9.17) is 11.6 Å². The normalized spacial score (nSPS) is 18.0. The van der Waals surface area contributed by atoms with Crippen LogP contribution < -0.4 is 10.3 Å². The van der Waals surface area contributed by atoms with Gasteiger partial charge in [-0.15, -0.1) is 5.10 Å². The minimum atomic E-state index is -3.85. The summed E-state index contributed by atoms with van der Waals surface area (Å²) in [6, 6.07) is 12.6. The highest BCUT2D eigenvalue weighted by atomic mass is 35.5. The Kier molecular flexibility index (Phi) is 8.88. The predicted molar refractivity (Wildman–Crippen MR) is 165 cm³/mol. The van der Waals surface area contributed by atoms with E-state index in [0.29, 0.717) is 35.9 Å². The van der Waals surface area contributed by atoms with Gasteiger partial charge in [0.1, 0.15) is 5.82 Å². The first-order chi connectivity index (χ1) is 21.1. The number of nitrogens with zero attached hydrogens (tertiary/aromatic N) is 5. The average Bonchev–Trinajstić information content (AvgIpc) is 3.23. The van der Waals surface area contributed by atoms with Gasteiger partial charge in [-0.05, 0) is 67.6 Å². The lowest BCUT2D eigenvalue weighted by molar-refractivity contribution is 0.313. The van der Waals surface area contributed by atoms with Crippen molar-refractivity contribution >= 4 is 42.8 Å². The first-order valence-electron chi connectivity index (χ1n) is 14.8. The number of benzene rings is 2. The molecule has 4 aromatic rings. The van der Waals surface area contributed by atoms with Crippen LogP contribution >= 0.6 is 11.6 Å². The lowest BCUT2D eigenvalue weighted by Gasteiger charge is -2.30. The molecule has 0 unspecified atom stereocenters. The Balaban J connectivity index is 1.13. The van der Waals surface area contributed by atoms with Gasteiger partial charge in [-0.2, -0.15) is 4.31 Å². The largest absolute Gasteiger partial charge is 0.308 e. The molecule has 1 saturated heterocycles.